The SMILES string of the molecule is COc1cnc(C(=O)C(=O)O)o1. The Bertz CT molecular complexity index is 315. The van der Waals surface area contributed by atoms with Crippen LogP contribution in [0, 0.1) is 0 Å². The van der Waals surface area contributed by atoms with E-state index in [4.69, 9.17) is 5.11 Å². The summed E-state index contributed by atoms with van der Waals surface area (Å²) in [5, 5.41) is 8.23. The number of hydrogen-bond donors (Lipinski definition) is 1. The summed E-state index contributed by atoms with van der Waals surface area (Å²) in [6, 6.07) is 0. The molecule has 0 aliphatic heterocycles. The van der Waals surface area contributed by atoms with Crippen molar-refractivity contribution in [3.05, 3.63) is 12.1 Å². The van der Waals surface area contributed by atoms with E-state index in [1.165, 1.54) is 7.11 Å². The maximum atomic E-state index is 10.7. The number of nitrogens with zero attached hydrogens (tertiary/aromatic N) is 1. The average Bonchev–Trinajstić information content (AvgIpc) is 2.50. The number of methoxy groups -OCH3 is 1. The first kappa shape index (κ1) is 8.25. The zero-order valence-corrected chi connectivity index (χ0v) is 6.10. The third-order valence-electron chi connectivity index (χ3n) is 1.07. The van der Waals surface area contributed by atoms with Gasteiger partial charge in [-0.15, -0.1) is 0 Å². The van der Waals surface area contributed by atoms with Crippen molar-refractivity contribution >= 4 is 11.8 Å². The number of rotatable bonds is 3. The summed E-state index contributed by atoms with van der Waals surface area (Å²) < 4.78 is 9.14. The van der Waals surface area contributed by atoms with Crippen LogP contribution < -0.4 is 4.74 Å². The summed E-state index contributed by atoms with van der Waals surface area (Å²) in [6.45, 7) is 0. The van der Waals surface area contributed by atoms with Crippen molar-refractivity contribution in [1.82, 2.24) is 4.98 Å². The van der Waals surface area contributed by atoms with Crippen LogP contribution in [0.25, 0.3) is 0 Å². The lowest BCUT2D eigenvalue weighted by Crippen LogP contribution is -2.12. The van der Waals surface area contributed by atoms with E-state index in [1.54, 1.807) is 0 Å². The van der Waals surface area contributed by atoms with E-state index in [-0.39, 0.29) is 5.95 Å². The minimum absolute atomic E-state index is 0.000370. The number of aromatic nitrogens is 1. The first-order valence-electron chi connectivity index (χ1n) is 2.92. The minimum Gasteiger partial charge on any atom is -0.475 e. The van der Waals surface area contributed by atoms with E-state index in [2.05, 4.69) is 14.1 Å². The lowest BCUT2D eigenvalue weighted by atomic mass is 10.4. The van der Waals surface area contributed by atoms with Crippen LogP contribution in [-0.2, 0) is 4.79 Å². The molecule has 0 aliphatic rings. The number of carbonyl (C=O) groups is 2. The van der Waals surface area contributed by atoms with Gasteiger partial charge in [-0.25, -0.2) is 9.78 Å². The second-order valence-corrected chi connectivity index (χ2v) is 1.82. The number of carbonyl (C=O) groups excluding carboxylic acids is 1. The predicted octanol–water partition coefficient (Wildman–Crippen LogP) is -0.0495. The number of carboxylic acids is 1. The quantitative estimate of drug-likeness (QED) is 0.506. The third-order valence-corrected chi connectivity index (χ3v) is 1.07. The van der Waals surface area contributed by atoms with Gasteiger partial charge in [-0.1, -0.05) is 0 Å². The van der Waals surface area contributed by atoms with Gasteiger partial charge >= 0.3 is 17.7 Å². The van der Waals surface area contributed by atoms with Crippen molar-refractivity contribution in [2.75, 3.05) is 7.11 Å². The first-order chi connectivity index (χ1) is 5.65. The monoisotopic (exact) mass is 171 g/mol. The summed E-state index contributed by atoms with van der Waals surface area (Å²) in [5.41, 5.74) is 0. The van der Waals surface area contributed by atoms with Gasteiger partial charge < -0.3 is 14.3 Å². The highest BCUT2D eigenvalue weighted by atomic mass is 16.6. The van der Waals surface area contributed by atoms with E-state index < -0.39 is 17.6 Å². The zero-order chi connectivity index (χ0) is 9.14. The van der Waals surface area contributed by atoms with Crippen LogP contribution in [0.15, 0.2) is 10.6 Å². The number of oxazole rings is 1. The molecule has 1 rings (SSSR count). The molecule has 6 nitrogen and oxygen atoms in total. The van der Waals surface area contributed by atoms with Gasteiger partial charge in [0.05, 0.1) is 7.11 Å². The fraction of sp³-hybridized carbons (Fsp3) is 0.167. The molecule has 0 spiro atoms. The van der Waals surface area contributed by atoms with Crippen molar-refractivity contribution in [3.8, 4) is 5.95 Å². The number of aliphatic carboxylic acids is 1. The molecule has 12 heavy (non-hydrogen) atoms. The number of ketones is 1. The van der Waals surface area contributed by atoms with Crippen molar-refractivity contribution in [2.24, 2.45) is 0 Å². The molecule has 6 heteroatoms. The Kier molecular flexibility index (Phi) is 2.09. The first-order valence-corrected chi connectivity index (χ1v) is 2.92. The summed E-state index contributed by atoms with van der Waals surface area (Å²) >= 11 is 0. The number of carboxylic acid groups (broad SMARTS) is 1. The molecule has 64 valence electrons. The summed E-state index contributed by atoms with van der Waals surface area (Å²) in [6.07, 6.45) is 1.12. The second kappa shape index (κ2) is 3.04. The number of hydrogen-bond acceptors (Lipinski definition) is 5. The molecule has 1 aromatic heterocycles. The van der Waals surface area contributed by atoms with Crippen LogP contribution in [0.2, 0.25) is 0 Å². The van der Waals surface area contributed by atoms with Gasteiger partial charge in [0.2, 0.25) is 0 Å². The molecule has 0 radical (unpaired) electrons. The fourth-order valence-electron chi connectivity index (χ4n) is 0.550. The summed E-state index contributed by atoms with van der Waals surface area (Å²) in [7, 11) is 1.32. The lowest BCUT2D eigenvalue weighted by Gasteiger charge is -1.88. The highest BCUT2D eigenvalue weighted by molar-refractivity contribution is 6.38. The topological polar surface area (TPSA) is 89.6 Å². The fourth-order valence-corrected chi connectivity index (χ4v) is 0.550. The van der Waals surface area contributed by atoms with E-state index in [0.29, 0.717) is 0 Å². The standard InChI is InChI=1S/C6H5NO5/c1-11-3-2-7-5(12-3)4(8)6(9)10/h2H,1H3,(H,9,10). The van der Waals surface area contributed by atoms with Gasteiger partial charge in [-0.3, -0.25) is 4.79 Å². The maximum absolute atomic E-state index is 10.7. The molecule has 1 aromatic rings. The molecule has 0 bridgehead atoms. The Morgan fingerprint density at radius 2 is 2.33 bits per heavy atom. The summed E-state index contributed by atoms with van der Waals surface area (Å²) in [4.78, 5) is 24.2. The van der Waals surface area contributed by atoms with Crippen molar-refractivity contribution < 1.29 is 23.8 Å². The van der Waals surface area contributed by atoms with Crippen LogP contribution in [0.5, 0.6) is 5.95 Å². The van der Waals surface area contributed by atoms with Crippen molar-refractivity contribution in [3.63, 3.8) is 0 Å². The lowest BCUT2D eigenvalue weighted by molar-refractivity contribution is -0.132. The number of Topliss-reactive ketones (excluding diaryl/α,β-unsaturated/α-hetero) is 1. The highest BCUT2D eigenvalue weighted by Crippen LogP contribution is 2.11. The van der Waals surface area contributed by atoms with E-state index in [0.717, 1.165) is 6.20 Å². The molecule has 0 atom stereocenters. The Balaban J connectivity index is 2.89. The van der Waals surface area contributed by atoms with Crippen molar-refractivity contribution in [2.45, 2.75) is 0 Å². The largest absolute Gasteiger partial charge is 0.475 e. The molecule has 1 N–H and O–H groups in total. The zero-order valence-electron chi connectivity index (χ0n) is 6.10. The second-order valence-electron chi connectivity index (χ2n) is 1.82. The molecular formula is C6H5NO5. The Morgan fingerprint density at radius 1 is 1.67 bits per heavy atom. The molecule has 1 heterocycles. The van der Waals surface area contributed by atoms with E-state index in [9.17, 15) is 9.59 Å². The Labute approximate surface area is 66.8 Å². The van der Waals surface area contributed by atoms with Gasteiger partial charge in [0.1, 0.15) is 6.20 Å². The maximum Gasteiger partial charge on any atom is 0.382 e. The molecular weight excluding hydrogens is 166 g/mol. The van der Waals surface area contributed by atoms with Crippen LogP contribution >= 0.6 is 0 Å². The molecule has 0 aliphatic carbocycles. The third kappa shape index (κ3) is 1.42. The number of ether oxygens (including phenoxy) is 1. The van der Waals surface area contributed by atoms with Gasteiger partial charge in [0.25, 0.3) is 5.89 Å². The van der Waals surface area contributed by atoms with Gasteiger partial charge in [0.15, 0.2) is 0 Å². The highest BCUT2D eigenvalue weighted by Gasteiger charge is 2.20. The van der Waals surface area contributed by atoms with Crippen LogP contribution in [0.3, 0.4) is 0 Å². The van der Waals surface area contributed by atoms with Crippen LogP contribution in [0.4, 0.5) is 0 Å². The van der Waals surface area contributed by atoms with Crippen LogP contribution in [-0.4, -0.2) is 29.0 Å². The van der Waals surface area contributed by atoms with E-state index in [1.807, 2.05) is 0 Å². The predicted molar refractivity (Wildman–Crippen MR) is 35.0 cm³/mol. The van der Waals surface area contributed by atoms with E-state index >= 15 is 0 Å². The summed E-state index contributed by atoms with van der Waals surface area (Å²) in [5.74, 6) is -3.29. The molecule has 0 fully saturated rings. The normalized spacial score (nSPS) is 9.42. The average molecular weight is 171 g/mol. The molecule has 0 saturated carbocycles. The Hall–Kier alpha value is -1.85. The molecule has 0 unspecified atom stereocenters. The van der Waals surface area contributed by atoms with Gasteiger partial charge in [0, 0.05) is 0 Å². The molecule has 0 aromatic carbocycles. The van der Waals surface area contributed by atoms with Crippen molar-refractivity contribution in [1.29, 1.82) is 0 Å². The molecule has 0 amide bonds. The minimum atomic E-state index is -1.61. The smallest absolute Gasteiger partial charge is 0.382 e. The van der Waals surface area contributed by atoms with Crippen LogP contribution in [0.1, 0.15) is 10.7 Å². The van der Waals surface area contributed by atoms with Gasteiger partial charge in [-0.05, 0) is 0 Å². The van der Waals surface area contributed by atoms with Gasteiger partial charge in [-0.2, -0.15) is 0 Å². The molecule has 0 saturated heterocycles. The Morgan fingerprint density at radius 3 is 2.75 bits per heavy atom.